The van der Waals surface area contributed by atoms with Gasteiger partial charge in [0.2, 0.25) is 0 Å². The summed E-state index contributed by atoms with van der Waals surface area (Å²) in [5, 5.41) is 28.1. The number of pyridine rings is 1. The minimum atomic E-state index is -1.07. The average molecular weight is 503 g/mol. The molecule has 1 saturated carbocycles. The van der Waals surface area contributed by atoms with Crippen molar-refractivity contribution in [3.63, 3.8) is 0 Å². The first-order valence-corrected chi connectivity index (χ1v) is 11.8. The van der Waals surface area contributed by atoms with Crippen LogP contribution in [0, 0.1) is 29.6 Å². The van der Waals surface area contributed by atoms with Crippen LogP contribution < -0.4 is 0 Å². The molecule has 0 aliphatic heterocycles. The van der Waals surface area contributed by atoms with Gasteiger partial charge in [0.1, 0.15) is 17.8 Å². The number of esters is 1. The minimum absolute atomic E-state index is 0.113. The number of halogens is 1. The Labute approximate surface area is 213 Å². The number of carbonyl (C=O) groups is 2. The van der Waals surface area contributed by atoms with Gasteiger partial charge in [-0.1, -0.05) is 23.7 Å². The number of carbonyl (C=O) groups excluding carboxylic acids is 1. The van der Waals surface area contributed by atoms with Crippen molar-refractivity contribution in [1.82, 2.24) is 9.55 Å². The van der Waals surface area contributed by atoms with E-state index in [-0.39, 0.29) is 24.6 Å². The van der Waals surface area contributed by atoms with Crippen LogP contribution >= 0.6 is 11.6 Å². The van der Waals surface area contributed by atoms with Gasteiger partial charge in [0, 0.05) is 41.2 Å². The van der Waals surface area contributed by atoms with Gasteiger partial charge in [-0.3, -0.25) is 9.59 Å². The fourth-order valence-electron chi connectivity index (χ4n) is 4.28. The van der Waals surface area contributed by atoms with Crippen molar-refractivity contribution in [3.8, 4) is 23.3 Å². The lowest BCUT2D eigenvalue weighted by atomic mass is 9.99. The first-order valence-electron chi connectivity index (χ1n) is 11.5. The van der Waals surface area contributed by atoms with E-state index in [1.165, 1.54) is 0 Å². The smallest absolute Gasteiger partial charge is 0.306 e. The summed E-state index contributed by atoms with van der Waals surface area (Å²) in [5.74, 6) is -1.39. The molecule has 8 nitrogen and oxygen atoms in total. The highest BCUT2D eigenvalue weighted by atomic mass is 35.5. The lowest BCUT2D eigenvalue weighted by Crippen LogP contribution is -2.09. The first kappa shape index (κ1) is 25.0. The van der Waals surface area contributed by atoms with Crippen LogP contribution in [0.1, 0.15) is 65.2 Å². The van der Waals surface area contributed by atoms with Gasteiger partial charge in [0.25, 0.3) is 0 Å². The molecule has 0 spiro atoms. The molecular formula is C27H23ClN4O4. The molecule has 1 fully saturated rings. The number of nitriles is 2. The maximum Gasteiger partial charge on any atom is 0.306 e. The van der Waals surface area contributed by atoms with E-state index in [2.05, 4.69) is 21.7 Å². The molecule has 9 heteroatoms. The molecule has 0 saturated heterocycles. The van der Waals surface area contributed by atoms with E-state index < -0.39 is 11.9 Å². The number of hydrogen-bond donors (Lipinski definition) is 1. The molecule has 0 radical (unpaired) electrons. The highest BCUT2D eigenvalue weighted by Gasteiger charge is 2.33. The van der Waals surface area contributed by atoms with Crippen molar-refractivity contribution in [2.45, 2.75) is 51.7 Å². The molecular weight excluding hydrogens is 480 g/mol. The van der Waals surface area contributed by atoms with Gasteiger partial charge in [-0.15, -0.1) is 0 Å². The molecule has 1 aliphatic carbocycles. The monoisotopic (exact) mass is 502 g/mol. The van der Waals surface area contributed by atoms with E-state index in [0.29, 0.717) is 29.2 Å². The third-order valence-electron chi connectivity index (χ3n) is 6.18. The van der Waals surface area contributed by atoms with E-state index >= 15 is 0 Å². The van der Waals surface area contributed by atoms with Gasteiger partial charge in [-0.05, 0) is 49.1 Å². The summed E-state index contributed by atoms with van der Waals surface area (Å²) in [6.45, 7) is 2.32. The zero-order valence-electron chi connectivity index (χ0n) is 19.6. The summed E-state index contributed by atoms with van der Waals surface area (Å²) in [7, 11) is 0. The quantitative estimate of drug-likeness (QED) is 0.318. The van der Waals surface area contributed by atoms with Crippen LogP contribution in [-0.2, 0) is 27.5 Å². The predicted molar refractivity (Wildman–Crippen MR) is 131 cm³/mol. The standard InChI is InChI=1S/C27H23ClN4O4/c1-16-25(19-4-2-17(11-29)3-5-19)22(12-30)26(20-6-7-20)32(16)14-18-10-21(27(28)31-13-18)15-36-24(35)9-8-23(33)34/h2-5,10,13,20H,6-9,14-15H2,1H3,(H,33,34). The van der Waals surface area contributed by atoms with Crippen molar-refractivity contribution in [3.05, 3.63) is 75.3 Å². The van der Waals surface area contributed by atoms with E-state index in [9.17, 15) is 14.9 Å². The Morgan fingerprint density at radius 3 is 2.53 bits per heavy atom. The summed E-state index contributed by atoms with van der Waals surface area (Å²) < 4.78 is 7.31. The summed E-state index contributed by atoms with van der Waals surface area (Å²) in [6.07, 6.45) is 3.16. The minimum Gasteiger partial charge on any atom is -0.481 e. The predicted octanol–water partition coefficient (Wildman–Crippen LogP) is 5.09. The molecule has 0 atom stereocenters. The van der Waals surface area contributed by atoms with E-state index in [1.54, 1.807) is 18.3 Å². The number of hydrogen-bond acceptors (Lipinski definition) is 6. The molecule has 36 heavy (non-hydrogen) atoms. The van der Waals surface area contributed by atoms with Crippen LogP contribution in [0.4, 0.5) is 0 Å². The van der Waals surface area contributed by atoms with Crippen molar-refractivity contribution >= 4 is 23.5 Å². The van der Waals surface area contributed by atoms with E-state index in [1.807, 2.05) is 25.1 Å². The lowest BCUT2D eigenvalue weighted by molar-refractivity contribution is -0.148. The van der Waals surface area contributed by atoms with Crippen LogP contribution in [0.3, 0.4) is 0 Å². The molecule has 4 rings (SSSR count). The zero-order chi connectivity index (χ0) is 25.8. The number of benzene rings is 1. The van der Waals surface area contributed by atoms with Crippen LogP contribution in [0.5, 0.6) is 0 Å². The molecule has 1 aromatic carbocycles. The number of carboxylic acid groups (broad SMARTS) is 1. The maximum atomic E-state index is 11.8. The Kier molecular flexibility index (Phi) is 7.38. The Bertz CT molecular complexity index is 1410. The molecule has 2 heterocycles. The summed E-state index contributed by atoms with van der Waals surface area (Å²) in [4.78, 5) is 26.7. The molecule has 0 bridgehead atoms. The largest absolute Gasteiger partial charge is 0.481 e. The molecule has 1 aliphatic rings. The highest BCUT2D eigenvalue weighted by molar-refractivity contribution is 6.30. The Balaban J connectivity index is 1.64. The fraction of sp³-hybridized carbons (Fsp3) is 0.296. The zero-order valence-corrected chi connectivity index (χ0v) is 20.4. The molecule has 0 unspecified atom stereocenters. The Morgan fingerprint density at radius 2 is 1.92 bits per heavy atom. The normalized spacial score (nSPS) is 12.6. The second-order valence-electron chi connectivity index (χ2n) is 8.73. The maximum absolute atomic E-state index is 11.8. The van der Waals surface area contributed by atoms with Crippen LogP contribution in [0.15, 0.2) is 36.5 Å². The third-order valence-corrected chi connectivity index (χ3v) is 6.52. The summed E-state index contributed by atoms with van der Waals surface area (Å²) in [5.41, 5.74) is 6.22. The number of nitrogens with zero attached hydrogens (tertiary/aromatic N) is 4. The van der Waals surface area contributed by atoms with Gasteiger partial charge in [0.05, 0.1) is 30.0 Å². The molecule has 3 aromatic rings. The van der Waals surface area contributed by atoms with Crippen molar-refractivity contribution in [2.24, 2.45) is 0 Å². The highest BCUT2D eigenvalue weighted by Crippen LogP contribution is 2.46. The molecule has 182 valence electrons. The summed E-state index contributed by atoms with van der Waals surface area (Å²) >= 11 is 6.22. The van der Waals surface area contributed by atoms with Gasteiger partial charge in [-0.2, -0.15) is 10.5 Å². The van der Waals surface area contributed by atoms with Crippen LogP contribution in [0.25, 0.3) is 11.1 Å². The number of ether oxygens (including phenoxy) is 1. The second kappa shape index (κ2) is 10.6. The summed E-state index contributed by atoms with van der Waals surface area (Å²) in [6, 6.07) is 13.6. The van der Waals surface area contributed by atoms with Crippen LogP contribution in [-0.4, -0.2) is 26.6 Å². The number of aliphatic carboxylic acids is 1. The lowest BCUT2D eigenvalue weighted by Gasteiger charge is -2.13. The molecule has 0 amide bonds. The molecule has 2 aromatic heterocycles. The van der Waals surface area contributed by atoms with Gasteiger partial charge in [-0.25, -0.2) is 4.98 Å². The van der Waals surface area contributed by atoms with Crippen LogP contribution in [0.2, 0.25) is 5.15 Å². The van der Waals surface area contributed by atoms with Crippen molar-refractivity contribution in [1.29, 1.82) is 10.5 Å². The number of carboxylic acids is 1. The third kappa shape index (κ3) is 5.40. The topological polar surface area (TPSA) is 129 Å². The fourth-order valence-corrected chi connectivity index (χ4v) is 4.43. The number of rotatable bonds is 9. The Hall–Kier alpha value is -4.14. The van der Waals surface area contributed by atoms with Gasteiger partial charge < -0.3 is 14.4 Å². The first-order chi connectivity index (χ1) is 17.3. The molecule has 1 N–H and O–H groups in total. The van der Waals surface area contributed by atoms with E-state index in [0.717, 1.165) is 40.9 Å². The van der Waals surface area contributed by atoms with Gasteiger partial charge in [0.15, 0.2) is 0 Å². The van der Waals surface area contributed by atoms with Crippen molar-refractivity contribution in [2.75, 3.05) is 0 Å². The van der Waals surface area contributed by atoms with E-state index in [4.69, 9.17) is 26.7 Å². The Morgan fingerprint density at radius 1 is 1.19 bits per heavy atom. The van der Waals surface area contributed by atoms with Gasteiger partial charge >= 0.3 is 11.9 Å². The average Bonchev–Trinajstić information content (AvgIpc) is 3.67. The second-order valence-corrected chi connectivity index (χ2v) is 9.09. The van der Waals surface area contributed by atoms with Crippen molar-refractivity contribution < 1.29 is 19.4 Å². The number of aromatic nitrogens is 2. The SMILES string of the molecule is Cc1c(-c2ccc(C#N)cc2)c(C#N)c(C2CC2)n1Cc1cnc(Cl)c(COC(=O)CCC(=O)O)c1.